The number of ether oxygens (including phenoxy) is 1. The zero-order valence-corrected chi connectivity index (χ0v) is 14.6. The molecule has 130 valence electrons. The molecule has 1 fully saturated rings. The second-order valence-corrected chi connectivity index (χ2v) is 7.72. The van der Waals surface area contributed by atoms with Gasteiger partial charge >= 0.3 is 5.97 Å². The third-order valence-corrected chi connectivity index (χ3v) is 6.53. The Balaban J connectivity index is 1.62. The zero-order valence-electron chi connectivity index (χ0n) is 14.6. The predicted octanol–water partition coefficient (Wildman–Crippen LogP) is 3.59. The van der Waals surface area contributed by atoms with Crippen LogP contribution in [-0.4, -0.2) is 35.5 Å². The number of carbonyl (C=O) groups excluding carboxylic acids is 1. The Kier molecular flexibility index (Phi) is 3.49. The lowest BCUT2D eigenvalue weighted by Gasteiger charge is -2.49. The van der Waals surface area contributed by atoms with Crippen LogP contribution in [-0.2, 0) is 16.0 Å². The number of benzene rings is 1. The number of aromatic nitrogens is 1. The van der Waals surface area contributed by atoms with E-state index in [1.54, 1.807) is 0 Å². The van der Waals surface area contributed by atoms with Crippen molar-refractivity contribution in [2.75, 3.05) is 13.7 Å². The molecule has 0 spiro atoms. The first-order valence-corrected chi connectivity index (χ1v) is 9.34. The normalized spacial score (nSPS) is 31.2. The molecule has 2 aromatic rings. The SMILES string of the molecule is COC(=O)[C@@H]1Cc2c([nH]c3ccccc23)[C@H]2C[C@H]3CC=CC[C@H]3CN21. The minimum atomic E-state index is -0.159. The third-order valence-electron chi connectivity index (χ3n) is 6.53. The molecule has 2 aliphatic heterocycles. The third kappa shape index (κ3) is 2.27. The van der Waals surface area contributed by atoms with Crippen LogP contribution in [0.5, 0.6) is 0 Å². The Morgan fingerprint density at radius 3 is 2.84 bits per heavy atom. The average Bonchev–Trinajstić information content (AvgIpc) is 3.04. The molecule has 1 saturated heterocycles. The molecular weight excluding hydrogens is 312 g/mol. The Hall–Kier alpha value is -2.07. The number of H-pyrrole nitrogens is 1. The van der Waals surface area contributed by atoms with Crippen LogP contribution in [0, 0.1) is 11.8 Å². The Morgan fingerprint density at radius 1 is 1.20 bits per heavy atom. The number of hydrogen-bond acceptors (Lipinski definition) is 3. The van der Waals surface area contributed by atoms with Crippen LogP contribution in [0.25, 0.3) is 10.9 Å². The molecule has 1 aromatic carbocycles. The van der Waals surface area contributed by atoms with Gasteiger partial charge in [-0.05, 0) is 42.7 Å². The van der Waals surface area contributed by atoms with Crippen molar-refractivity contribution >= 4 is 16.9 Å². The van der Waals surface area contributed by atoms with Gasteiger partial charge < -0.3 is 9.72 Å². The van der Waals surface area contributed by atoms with Crippen molar-refractivity contribution < 1.29 is 9.53 Å². The smallest absolute Gasteiger partial charge is 0.323 e. The van der Waals surface area contributed by atoms with Gasteiger partial charge in [0.05, 0.1) is 13.2 Å². The van der Waals surface area contributed by atoms with Gasteiger partial charge in [-0.2, -0.15) is 0 Å². The van der Waals surface area contributed by atoms with Gasteiger partial charge in [-0.3, -0.25) is 9.69 Å². The minimum Gasteiger partial charge on any atom is -0.468 e. The molecule has 25 heavy (non-hydrogen) atoms. The summed E-state index contributed by atoms with van der Waals surface area (Å²) in [5.74, 6) is 1.30. The number of esters is 1. The van der Waals surface area contributed by atoms with Gasteiger partial charge in [0.25, 0.3) is 0 Å². The molecule has 4 nitrogen and oxygen atoms in total. The van der Waals surface area contributed by atoms with Crippen LogP contribution in [0.3, 0.4) is 0 Å². The molecule has 0 amide bonds. The maximum atomic E-state index is 12.6. The fraction of sp³-hybridized carbons (Fsp3) is 0.476. The lowest BCUT2D eigenvalue weighted by molar-refractivity contribution is -0.150. The highest BCUT2D eigenvalue weighted by Gasteiger charge is 2.46. The number of rotatable bonds is 1. The van der Waals surface area contributed by atoms with E-state index in [9.17, 15) is 4.79 Å². The molecule has 0 unspecified atom stereocenters. The molecule has 1 aliphatic carbocycles. The maximum absolute atomic E-state index is 12.6. The number of allylic oxidation sites excluding steroid dienone is 2. The number of carbonyl (C=O) groups is 1. The standard InChI is InChI=1S/C21H24N2O2/c1-25-21(24)19-11-16-15-8-4-5-9-17(15)22-20(16)18-10-13-6-2-3-7-14(13)12-23(18)19/h2-5,8-9,13-14,18-19,22H,6-7,10-12H2,1H3/t13-,14+,18-,19+/m1/s1. The van der Waals surface area contributed by atoms with Crippen LogP contribution in [0.1, 0.15) is 36.6 Å². The van der Waals surface area contributed by atoms with E-state index in [1.165, 1.54) is 35.7 Å². The summed E-state index contributed by atoms with van der Waals surface area (Å²) in [5.41, 5.74) is 3.83. The van der Waals surface area contributed by atoms with Crippen LogP contribution in [0.15, 0.2) is 36.4 Å². The molecular formula is C21H24N2O2. The fourth-order valence-corrected chi connectivity index (χ4v) is 5.28. The number of nitrogens with zero attached hydrogens (tertiary/aromatic N) is 1. The summed E-state index contributed by atoms with van der Waals surface area (Å²) in [4.78, 5) is 18.7. The topological polar surface area (TPSA) is 45.3 Å². The van der Waals surface area contributed by atoms with Crippen molar-refractivity contribution in [1.82, 2.24) is 9.88 Å². The average molecular weight is 336 g/mol. The van der Waals surface area contributed by atoms with E-state index in [2.05, 4.69) is 46.3 Å². The van der Waals surface area contributed by atoms with Gasteiger partial charge in [-0.25, -0.2) is 0 Å². The largest absolute Gasteiger partial charge is 0.468 e. The quantitative estimate of drug-likeness (QED) is 0.639. The molecule has 5 rings (SSSR count). The molecule has 4 heteroatoms. The van der Waals surface area contributed by atoms with E-state index in [1.807, 2.05) is 0 Å². The molecule has 0 bridgehead atoms. The van der Waals surface area contributed by atoms with Crippen molar-refractivity contribution in [3.8, 4) is 0 Å². The summed E-state index contributed by atoms with van der Waals surface area (Å²) in [5, 5.41) is 1.26. The van der Waals surface area contributed by atoms with Gasteiger partial charge in [-0.1, -0.05) is 30.4 Å². The van der Waals surface area contributed by atoms with E-state index in [-0.39, 0.29) is 12.0 Å². The lowest BCUT2D eigenvalue weighted by Crippen LogP contribution is -2.54. The van der Waals surface area contributed by atoms with Crippen LogP contribution < -0.4 is 0 Å². The number of hydrogen-bond donors (Lipinski definition) is 1. The zero-order chi connectivity index (χ0) is 17.0. The summed E-state index contributed by atoms with van der Waals surface area (Å²) in [6.45, 7) is 0.994. The Morgan fingerprint density at radius 2 is 2.00 bits per heavy atom. The van der Waals surface area contributed by atoms with Gasteiger partial charge in [0.2, 0.25) is 0 Å². The number of para-hydroxylation sites is 1. The fourth-order valence-electron chi connectivity index (χ4n) is 5.28. The van der Waals surface area contributed by atoms with E-state index in [0.717, 1.165) is 31.7 Å². The molecule has 1 aromatic heterocycles. The molecule has 0 radical (unpaired) electrons. The Bertz CT molecular complexity index is 853. The molecule has 3 aliphatic rings. The Labute approximate surface area is 147 Å². The van der Waals surface area contributed by atoms with Gasteiger partial charge in [-0.15, -0.1) is 0 Å². The highest BCUT2D eigenvalue weighted by Crippen LogP contribution is 2.47. The molecule has 3 heterocycles. The first kappa shape index (κ1) is 15.2. The van der Waals surface area contributed by atoms with E-state index < -0.39 is 0 Å². The monoisotopic (exact) mass is 336 g/mol. The first-order chi connectivity index (χ1) is 12.3. The van der Waals surface area contributed by atoms with Crippen molar-refractivity contribution in [2.24, 2.45) is 11.8 Å². The summed E-state index contributed by atoms with van der Waals surface area (Å²) in [6.07, 6.45) is 8.84. The number of fused-ring (bicyclic) bond motifs is 6. The van der Waals surface area contributed by atoms with E-state index >= 15 is 0 Å². The van der Waals surface area contributed by atoms with E-state index in [4.69, 9.17) is 4.74 Å². The summed E-state index contributed by atoms with van der Waals surface area (Å²) in [7, 11) is 1.51. The highest BCUT2D eigenvalue weighted by atomic mass is 16.5. The van der Waals surface area contributed by atoms with Crippen molar-refractivity contribution in [3.05, 3.63) is 47.7 Å². The number of aromatic amines is 1. The number of nitrogens with one attached hydrogen (secondary N) is 1. The van der Waals surface area contributed by atoms with E-state index in [0.29, 0.717) is 12.0 Å². The minimum absolute atomic E-state index is 0.0919. The lowest BCUT2D eigenvalue weighted by atomic mass is 9.72. The molecule has 1 N–H and O–H groups in total. The van der Waals surface area contributed by atoms with Crippen LogP contribution >= 0.6 is 0 Å². The van der Waals surface area contributed by atoms with Crippen molar-refractivity contribution in [1.29, 1.82) is 0 Å². The van der Waals surface area contributed by atoms with Gasteiger partial charge in [0, 0.05) is 29.6 Å². The second kappa shape index (κ2) is 5.73. The predicted molar refractivity (Wildman–Crippen MR) is 97.2 cm³/mol. The van der Waals surface area contributed by atoms with Crippen LogP contribution in [0.4, 0.5) is 0 Å². The maximum Gasteiger partial charge on any atom is 0.323 e. The molecule has 0 saturated carbocycles. The van der Waals surface area contributed by atoms with Gasteiger partial charge in [0.1, 0.15) is 6.04 Å². The highest BCUT2D eigenvalue weighted by molar-refractivity contribution is 5.87. The molecule has 4 atom stereocenters. The summed E-state index contributed by atoms with van der Waals surface area (Å²) < 4.78 is 5.17. The summed E-state index contributed by atoms with van der Waals surface area (Å²) in [6, 6.07) is 8.60. The van der Waals surface area contributed by atoms with Crippen molar-refractivity contribution in [3.63, 3.8) is 0 Å². The number of methoxy groups -OCH3 is 1. The number of piperidine rings is 1. The van der Waals surface area contributed by atoms with Gasteiger partial charge in [0.15, 0.2) is 0 Å². The van der Waals surface area contributed by atoms with Crippen molar-refractivity contribution in [2.45, 2.75) is 37.8 Å². The first-order valence-electron chi connectivity index (χ1n) is 9.34. The summed E-state index contributed by atoms with van der Waals surface area (Å²) >= 11 is 0. The second-order valence-electron chi connectivity index (χ2n) is 7.72. The van der Waals surface area contributed by atoms with Crippen LogP contribution in [0.2, 0.25) is 0 Å².